The van der Waals surface area contributed by atoms with Gasteiger partial charge in [-0.2, -0.15) is 0 Å². The minimum absolute atomic E-state index is 0.280. The number of anilines is 1. The Kier molecular flexibility index (Phi) is 4.30. The summed E-state index contributed by atoms with van der Waals surface area (Å²) in [5.74, 6) is 1.12. The Labute approximate surface area is 113 Å². The minimum Gasteiger partial charge on any atom is -0.492 e. The first-order chi connectivity index (χ1) is 9.15. The molecular formula is C14H18N4O. The summed E-state index contributed by atoms with van der Waals surface area (Å²) in [5.41, 5.74) is 7.42. The lowest BCUT2D eigenvalue weighted by Crippen LogP contribution is -2.19. The van der Waals surface area contributed by atoms with Gasteiger partial charge in [0.1, 0.15) is 12.4 Å². The molecule has 0 unspecified atom stereocenters. The monoisotopic (exact) mass is 258 g/mol. The van der Waals surface area contributed by atoms with Crippen molar-refractivity contribution in [2.24, 2.45) is 0 Å². The number of hydrogen-bond acceptors (Lipinski definition) is 5. The molecular weight excluding hydrogens is 240 g/mol. The Balaban J connectivity index is 2.08. The van der Waals surface area contributed by atoms with E-state index in [1.54, 1.807) is 12.4 Å². The Hall–Kier alpha value is -2.14. The molecule has 1 aromatic carbocycles. The molecule has 0 spiro atoms. The van der Waals surface area contributed by atoms with Crippen molar-refractivity contribution in [3.8, 4) is 16.9 Å². The normalized spacial score (nSPS) is 10.7. The van der Waals surface area contributed by atoms with Gasteiger partial charge in [-0.3, -0.25) is 0 Å². The summed E-state index contributed by atoms with van der Waals surface area (Å²) in [6.07, 6.45) is 3.42. The zero-order valence-electron chi connectivity index (χ0n) is 11.2. The Bertz CT molecular complexity index is 525. The van der Waals surface area contributed by atoms with Gasteiger partial charge in [-0.25, -0.2) is 9.97 Å². The third-order valence-corrected chi connectivity index (χ3v) is 2.65. The van der Waals surface area contributed by atoms with Crippen LogP contribution in [0.3, 0.4) is 0 Å². The fourth-order valence-corrected chi connectivity index (χ4v) is 1.60. The number of nitrogens with zero attached hydrogens (tertiary/aromatic N) is 3. The summed E-state index contributed by atoms with van der Waals surface area (Å²) >= 11 is 0. The van der Waals surface area contributed by atoms with Crippen molar-refractivity contribution >= 4 is 5.95 Å². The maximum absolute atomic E-state index is 5.70. The van der Waals surface area contributed by atoms with E-state index in [0.717, 1.165) is 23.4 Å². The van der Waals surface area contributed by atoms with Crippen LogP contribution < -0.4 is 10.5 Å². The molecule has 0 aliphatic heterocycles. The zero-order chi connectivity index (χ0) is 13.7. The standard InChI is InChI=1S/C14H18N4O/c1-18(2)6-7-19-13-5-3-4-11(8-13)12-9-16-14(15)17-10-12/h3-5,8-10H,6-7H2,1-2H3,(H2,15,16,17). The maximum Gasteiger partial charge on any atom is 0.219 e. The Morgan fingerprint density at radius 3 is 2.58 bits per heavy atom. The highest BCUT2D eigenvalue weighted by Crippen LogP contribution is 2.22. The summed E-state index contributed by atoms with van der Waals surface area (Å²) < 4.78 is 5.70. The molecule has 2 N–H and O–H groups in total. The smallest absolute Gasteiger partial charge is 0.219 e. The molecule has 0 fully saturated rings. The van der Waals surface area contributed by atoms with Crippen LogP contribution in [0.2, 0.25) is 0 Å². The highest BCUT2D eigenvalue weighted by Gasteiger charge is 2.01. The lowest BCUT2D eigenvalue weighted by molar-refractivity contribution is 0.261. The quantitative estimate of drug-likeness (QED) is 0.883. The molecule has 0 saturated carbocycles. The molecule has 5 nitrogen and oxygen atoms in total. The third kappa shape index (κ3) is 3.93. The Morgan fingerprint density at radius 1 is 1.16 bits per heavy atom. The second-order valence-electron chi connectivity index (χ2n) is 4.51. The van der Waals surface area contributed by atoms with Gasteiger partial charge in [-0.15, -0.1) is 0 Å². The number of aromatic nitrogens is 2. The molecule has 0 aliphatic carbocycles. The van der Waals surface area contributed by atoms with Crippen molar-refractivity contribution in [3.05, 3.63) is 36.7 Å². The molecule has 1 heterocycles. The first-order valence-corrected chi connectivity index (χ1v) is 6.10. The molecule has 0 saturated heterocycles. The number of hydrogen-bond donors (Lipinski definition) is 1. The number of nitrogen functional groups attached to an aromatic ring is 1. The van der Waals surface area contributed by atoms with Crippen LogP contribution >= 0.6 is 0 Å². The van der Waals surface area contributed by atoms with Gasteiger partial charge in [0.15, 0.2) is 0 Å². The van der Waals surface area contributed by atoms with Gasteiger partial charge >= 0.3 is 0 Å². The van der Waals surface area contributed by atoms with Crippen molar-refractivity contribution in [2.45, 2.75) is 0 Å². The van der Waals surface area contributed by atoms with Crippen molar-refractivity contribution in [1.82, 2.24) is 14.9 Å². The van der Waals surface area contributed by atoms with E-state index in [9.17, 15) is 0 Å². The molecule has 100 valence electrons. The average Bonchev–Trinajstić information content (AvgIpc) is 2.39. The largest absolute Gasteiger partial charge is 0.492 e. The number of rotatable bonds is 5. The number of ether oxygens (including phenoxy) is 1. The predicted molar refractivity (Wildman–Crippen MR) is 75.9 cm³/mol. The van der Waals surface area contributed by atoms with Crippen LogP contribution in [0.25, 0.3) is 11.1 Å². The molecule has 19 heavy (non-hydrogen) atoms. The van der Waals surface area contributed by atoms with E-state index in [1.807, 2.05) is 38.4 Å². The second-order valence-corrected chi connectivity index (χ2v) is 4.51. The fraction of sp³-hybridized carbons (Fsp3) is 0.286. The molecule has 2 rings (SSSR count). The van der Waals surface area contributed by atoms with Gasteiger partial charge in [0, 0.05) is 24.5 Å². The van der Waals surface area contributed by atoms with Gasteiger partial charge in [0.05, 0.1) is 0 Å². The van der Waals surface area contributed by atoms with Crippen LogP contribution in [0.5, 0.6) is 5.75 Å². The SMILES string of the molecule is CN(C)CCOc1cccc(-c2cnc(N)nc2)c1. The van der Waals surface area contributed by atoms with Gasteiger partial charge in [0.2, 0.25) is 5.95 Å². The van der Waals surface area contributed by atoms with E-state index < -0.39 is 0 Å². The summed E-state index contributed by atoms with van der Waals surface area (Å²) in [5, 5.41) is 0. The van der Waals surface area contributed by atoms with Crippen LogP contribution in [0.15, 0.2) is 36.7 Å². The van der Waals surface area contributed by atoms with Gasteiger partial charge in [-0.1, -0.05) is 12.1 Å². The summed E-state index contributed by atoms with van der Waals surface area (Å²) in [7, 11) is 4.04. The average molecular weight is 258 g/mol. The van der Waals surface area contributed by atoms with Gasteiger partial charge < -0.3 is 15.4 Å². The van der Waals surface area contributed by atoms with Gasteiger partial charge in [0.25, 0.3) is 0 Å². The molecule has 1 aromatic heterocycles. The van der Waals surface area contributed by atoms with Crippen molar-refractivity contribution in [3.63, 3.8) is 0 Å². The fourth-order valence-electron chi connectivity index (χ4n) is 1.60. The second kappa shape index (κ2) is 6.15. The van der Waals surface area contributed by atoms with E-state index in [0.29, 0.717) is 6.61 Å². The van der Waals surface area contributed by atoms with Gasteiger partial charge in [-0.05, 0) is 31.8 Å². The molecule has 0 amide bonds. The molecule has 0 radical (unpaired) electrons. The maximum atomic E-state index is 5.70. The first kappa shape index (κ1) is 13.3. The number of benzene rings is 1. The topological polar surface area (TPSA) is 64.3 Å². The minimum atomic E-state index is 0.280. The molecule has 2 aromatic rings. The molecule has 0 bridgehead atoms. The van der Waals surface area contributed by atoms with Crippen molar-refractivity contribution in [2.75, 3.05) is 33.0 Å². The lowest BCUT2D eigenvalue weighted by Gasteiger charge is -2.11. The van der Waals surface area contributed by atoms with Crippen LogP contribution in [0.4, 0.5) is 5.95 Å². The van der Waals surface area contributed by atoms with E-state index in [2.05, 4.69) is 14.9 Å². The highest BCUT2D eigenvalue weighted by molar-refractivity contribution is 5.63. The summed E-state index contributed by atoms with van der Waals surface area (Å²) in [4.78, 5) is 10.1. The molecule has 5 heteroatoms. The van der Waals surface area contributed by atoms with E-state index in [-0.39, 0.29) is 5.95 Å². The molecule has 0 aliphatic rings. The van der Waals surface area contributed by atoms with Crippen LogP contribution in [0.1, 0.15) is 0 Å². The first-order valence-electron chi connectivity index (χ1n) is 6.10. The van der Waals surface area contributed by atoms with E-state index >= 15 is 0 Å². The number of nitrogens with two attached hydrogens (primary N) is 1. The van der Waals surface area contributed by atoms with Crippen LogP contribution in [0, 0.1) is 0 Å². The van der Waals surface area contributed by atoms with Crippen LogP contribution in [-0.4, -0.2) is 42.1 Å². The third-order valence-electron chi connectivity index (χ3n) is 2.65. The van der Waals surface area contributed by atoms with Crippen molar-refractivity contribution < 1.29 is 4.74 Å². The Morgan fingerprint density at radius 2 is 1.89 bits per heavy atom. The highest BCUT2D eigenvalue weighted by atomic mass is 16.5. The molecule has 0 atom stereocenters. The van der Waals surface area contributed by atoms with E-state index in [4.69, 9.17) is 10.5 Å². The number of likely N-dealkylation sites (N-methyl/N-ethyl adjacent to an activating group) is 1. The summed E-state index contributed by atoms with van der Waals surface area (Å²) in [6.45, 7) is 1.55. The predicted octanol–water partition coefficient (Wildman–Crippen LogP) is 1.67. The van der Waals surface area contributed by atoms with Crippen LogP contribution in [-0.2, 0) is 0 Å². The summed E-state index contributed by atoms with van der Waals surface area (Å²) in [6, 6.07) is 7.87. The zero-order valence-corrected chi connectivity index (χ0v) is 11.2. The lowest BCUT2D eigenvalue weighted by atomic mass is 10.1. The van der Waals surface area contributed by atoms with Crippen molar-refractivity contribution in [1.29, 1.82) is 0 Å². The van der Waals surface area contributed by atoms with E-state index in [1.165, 1.54) is 0 Å².